The molecule has 1 aromatic carbocycles. The molecular formula is C14H24N2O. The highest BCUT2D eigenvalue weighted by Crippen LogP contribution is 2.29. The number of unbranched alkanes of at least 4 members (excludes halogenated alkanes) is 1. The molecule has 17 heavy (non-hydrogen) atoms. The SMILES string of the molecule is CNCCCCNc1c(C)cc(C)cc1OC. The van der Waals surface area contributed by atoms with Crippen molar-refractivity contribution in [2.45, 2.75) is 26.7 Å². The van der Waals surface area contributed by atoms with Gasteiger partial charge in [0.25, 0.3) is 0 Å². The Morgan fingerprint density at radius 3 is 2.47 bits per heavy atom. The molecule has 1 rings (SSSR count). The summed E-state index contributed by atoms with van der Waals surface area (Å²) >= 11 is 0. The first-order chi connectivity index (χ1) is 8.19. The van der Waals surface area contributed by atoms with E-state index >= 15 is 0 Å². The van der Waals surface area contributed by atoms with E-state index in [-0.39, 0.29) is 0 Å². The number of anilines is 1. The fraction of sp³-hybridized carbons (Fsp3) is 0.571. The molecule has 1 aromatic rings. The molecule has 0 atom stereocenters. The second-order valence-electron chi connectivity index (χ2n) is 4.40. The molecule has 0 spiro atoms. The van der Waals surface area contributed by atoms with E-state index in [4.69, 9.17) is 4.74 Å². The summed E-state index contributed by atoms with van der Waals surface area (Å²) in [6.45, 7) is 6.27. The van der Waals surface area contributed by atoms with Crippen LogP contribution in [0.2, 0.25) is 0 Å². The largest absolute Gasteiger partial charge is 0.495 e. The molecule has 0 aromatic heterocycles. The van der Waals surface area contributed by atoms with Gasteiger partial charge in [0.1, 0.15) is 5.75 Å². The minimum atomic E-state index is 0.941. The van der Waals surface area contributed by atoms with Crippen LogP contribution >= 0.6 is 0 Å². The normalized spacial score (nSPS) is 10.4. The van der Waals surface area contributed by atoms with Crippen LogP contribution in [0, 0.1) is 13.8 Å². The molecule has 0 saturated heterocycles. The third kappa shape index (κ3) is 4.27. The number of rotatable bonds is 7. The highest BCUT2D eigenvalue weighted by atomic mass is 16.5. The summed E-state index contributed by atoms with van der Waals surface area (Å²) in [7, 11) is 3.71. The van der Waals surface area contributed by atoms with E-state index in [1.165, 1.54) is 17.5 Å². The van der Waals surface area contributed by atoms with E-state index in [0.29, 0.717) is 0 Å². The molecule has 2 N–H and O–H groups in total. The van der Waals surface area contributed by atoms with Gasteiger partial charge in [0, 0.05) is 6.54 Å². The van der Waals surface area contributed by atoms with Crippen molar-refractivity contribution in [3.05, 3.63) is 23.3 Å². The Labute approximate surface area is 105 Å². The lowest BCUT2D eigenvalue weighted by molar-refractivity contribution is 0.416. The van der Waals surface area contributed by atoms with Crippen LogP contribution in [0.1, 0.15) is 24.0 Å². The summed E-state index contributed by atoms with van der Waals surface area (Å²) in [4.78, 5) is 0. The lowest BCUT2D eigenvalue weighted by Crippen LogP contribution is -2.11. The highest BCUT2D eigenvalue weighted by Gasteiger charge is 2.06. The molecule has 0 unspecified atom stereocenters. The molecule has 0 amide bonds. The number of hydrogen-bond donors (Lipinski definition) is 2. The van der Waals surface area contributed by atoms with Gasteiger partial charge < -0.3 is 15.4 Å². The summed E-state index contributed by atoms with van der Waals surface area (Å²) in [5.41, 5.74) is 3.61. The summed E-state index contributed by atoms with van der Waals surface area (Å²) in [5.74, 6) is 0.941. The Balaban J connectivity index is 2.57. The molecule has 0 aliphatic rings. The molecule has 0 saturated carbocycles. The molecule has 96 valence electrons. The number of methoxy groups -OCH3 is 1. The summed E-state index contributed by atoms with van der Waals surface area (Å²) in [5, 5.41) is 6.62. The molecular weight excluding hydrogens is 212 g/mol. The molecule has 0 radical (unpaired) electrons. The van der Waals surface area contributed by atoms with E-state index in [1.807, 2.05) is 7.05 Å². The summed E-state index contributed by atoms with van der Waals surface area (Å²) in [6.07, 6.45) is 2.36. The zero-order valence-electron chi connectivity index (χ0n) is 11.4. The second kappa shape index (κ2) is 7.17. The average Bonchev–Trinajstić information content (AvgIpc) is 2.30. The molecule has 0 fully saturated rings. The summed E-state index contributed by atoms with van der Waals surface area (Å²) < 4.78 is 5.41. The fourth-order valence-corrected chi connectivity index (χ4v) is 1.96. The molecule has 0 aliphatic carbocycles. The Morgan fingerprint density at radius 2 is 1.82 bits per heavy atom. The molecule has 3 heteroatoms. The first kappa shape index (κ1) is 13.8. The van der Waals surface area contributed by atoms with E-state index in [1.54, 1.807) is 7.11 Å². The van der Waals surface area contributed by atoms with E-state index in [0.717, 1.165) is 30.9 Å². The van der Waals surface area contributed by atoms with Crippen LogP contribution in [0.4, 0.5) is 5.69 Å². The van der Waals surface area contributed by atoms with Crippen molar-refractivity contribution in [1.82, 2.24) is 5.32 Å². The number of aryl methyl sites for hydroxylation is 2. The lowest BCUT2D eigenvalue weighted by atomic mass is 10.1. The van der Waals surface area contributed by atoms with Gasteiger partial charge in [0.15, 0.2) is 0 Å². The van der Waals surface area contributed by atoms with Crippen LogP contribution < -0.4 is 15.4 Å². The monoisotopic (exact) mass is 236 g/mol. The van der Waals surface area contributed by atoms with Gasteiger partial charge in [-0.25, -0.2) is 0 Å². The van der Waals surface area contributed by atoms with Gasteiger partial charge in [-0.2, -0.15) is 0 Å². The Kier molecular flexibility index (Phi) is 5.84. The first-order valence-electron chi connectivity index (χ1n) is 6.22. The van der Waals surface area contributed by atoms with Crippen LogP contribution in [0.5, 0.6) is 5.75 Å². The van der Waals surface area contributed by atoms with E-state index < -0.39 is 0 Å². The average molecular weight is 236 g/mol. The minimum Gasteiger partial charge on any atom is -0.495 e. The van der Waals surface area contributed by atoms with Gasteiger partial charge in [0.2, 0.25) is 0 Å². The lowest BCUT2D eigenvalue weighted by Gasteiger charge is -2.15. The second-order valence-corrected chi connectivity index (χ2v) is 4.40. The quantitative estimate of drug-likeness (QED) is 0.714. The predicted molar refractivity (Wildman–Crippen MR) is 74.1 cm³/mol. The van der Waals surface area contributed by atoms with E-state index in [9.17, 15) is 0 Å². The van der Waals surface area contributed by atoms with Gasteiger partial charge in [0.05, 0.1) is 12.8 Å². The fourth-order valence-electron chi connectivity index (χ4n) is 1.96. The van der Waals surface area contributed by atoms with Gasteiger partial charge in [-0.15, -0.1) is 0 Å². The van der Waals surface area contributed by atoms with Crippen molar-refractivity contribution >= 4 is 5.69 Å². The van der Waals surface area contributed by atoms with Crippen molar-refractivity contribution < 1.29 is 4.74 Å². The van der Waals surface area contributed by atoms with Gasteiger partial charge in [-0.1, -0.05) is 6.07 Å². The van der Waals surface area contributed by atoms with Crippen molar-refractivity contribution in [3.8, 4) is 5.75 Å². The molecule has 0 aliphatic heterocycles. The standard InChI is InChI=1S/C14H24N2O/c1-11-9-12(2)14(13(10-11)17-4)16-8-6-5-7-15-3/h9-10,15-16H,5-8H2,1-4H3. The van der Waals surface area contributed by atoms with Crippen LogP contribution in [-0.2, 0) is 0 Å². The smallest absolute Gasteiger partial charge is 0.142 e. The Morgan fingerprint density at radius 1 is 1.12 bits per heavy atom. The van der Waals surface area contributed by atoms with Crippen molar-refractivity contribution in [2.75, 3.05) is 32.6 Å². The maximum Gasteiger partial charge on any atom is 0.142 e. The third-order valence-corrected chi connectivity index (χ3v) is 2.82. The zero-order chi connectivity index (χ0) is 12.7. The summed E-state index contributed by atoms with van der Waals surface area (Å²) in [6, 6.07) is 4.25. The minimum absolute atomic E-state index is 0.941. The van der Waals surface area contributed by atoms with Crippen LogP contribution in [-0.4, -0.2) is 27.2 Å². The van der Waals surface area contributed by atoms with Crippen molar-refractivity contribution in [3.63, 3.8) is 0 Å². The number of nitrogens with one attached hydrogen (secondary N) is 2. The van der Waals surface area contributed by atoms with E-state index in [2.05, 4.69) is 36.6 Å². The van der Waals surface area contributed by atoms with Crippen LogP contribution in [0.15, 0.2) is 12.1 Å². The molecule has 3 nitrogen and oxygen atoms in total. The maximum absolute atomic E-state index is 5.41. The topological polar surface area (TPSA) is 33.3 Å². The first-order valence-corrected chi connectivity index (χ1v) is 6.22. The number of benzene rings is 1. The predicted octanol–water partition coefficient (Wildman–Crippen LogP) is 2.72. The van der Waals surface area contributed by atoms with Crippen LogP contribution in [0.25, 0.3) is 0 Å². The zero-order valence-corrected chi connectivity index (χ0v) is 11.4. The Bertz CT molecular complexity index is 350. The van der Waals surface area contributed by atoms with Gasteiger partial charge >= 0.3 is 0 Å². The third-order valence-electron chi connectivity index (χ3n) is 2.82. The molecule has 0 bridgehead atoms. The van der Waals surface area contributed by atoms with Crippen molar-refractivity contribution in [2.24, 2.45) is 0 Å². The number of hydrogen-bond acceptors (Lipinski definition) is 3. The van der Waals surface area contributed by atoms with Gasteiger partial charge in [-0.3, -0.25) is 0 Å². The highest BCUT2D eigenvalue weighted by molar-refractivity contribution is 5.63. The molecule has 0 heterocycles. The Hall–Kier alpha value is -1.22. The van der Waals surface area contributed by atoms with Crippen LogP contribution in [0.3, 0.4) is 0 Å². The number of ether oxygens (including phenoxy) is 1. The van der Waals surface area contributed by atoms with Gasteiger partial charge in [-0.05, 0) is 57.5 Å². The maximum atomic E-state index is 5.41. The van der Waals surface area contributed by atoms with Crippen molar-refractivity contribution in [1.29, 1.82) is 0 Å².